The van der Waals surface area contributed by atoms with Gasteiger partial charge in [0, 0.05) is 19.0 Å². The van der Waals surface area contributed by atoms with Gasteiger partial charge in [-0.15, -0.1) is 0 Å². The Morgan fingerprint density at radius 2 is 1.83 bits per heavy atom. The molecule has 5 heteroatoms. The maximum atomic E-state index is 12.3. The van der Waals surface area contributed by atoms with E-state index in [1.807, 2.05) is 39.0 Å². The minimum absolute atomic E-state index is 0.0504. The molecule has 1 heterocycles. The molecule has 1 aliphatic rings. The highest BCUT2D eigenvalue weighted by atomic mass is 16.6. The van der Waals surface area contributed by atoms with Gasteiger partial charge in [0.2, 0.25) is 0 Å². The first kappa shape index (κ1) is 21.9. The molecule has 1 fully saturated rings. The van der Waals surface area contributed by atoms with E-state index in [1.54, 1.807) is 11.0 Å². The second-order valence-electron chi connectivity index (χ2n) is 8.88. The van der Waals surface area contributed by atoms with Gasteiger partial charge in [-0.1, -0.05) is 42.5 Å². The van der Waals surface area contributed by atoms with Crippen molar-refractivity contribution in [3.05, 3.63) is 65.5 Å². The highest BCUT2D eigenvalue weighted by Gasteiger charge is 2.31. The van der Waals surface area contributed by atoms with Crippen LogP contribution in [0.1, 0.15) is 45.1 Å². The third-order valence-corrected chi connectivity index (χ3v) is 5.60. The van der Waals surface area contributed by atoms with E-state index in [0.29, 0.717) is 24.7 Å². The van der Waals surface area contributed by atoms with Crippen LogP contribution in [-0.2, 0) is 4.74 Å². The fraction of sp³-hybridized carbons (Fsp3) is 0.440. The fourth-order valence-corrected chi connectivity index (χ4v) is 4.02. The van der Waals surface area contributed by atoms with Crippen molar-refractivity contribution in [1.29, 1.82) is 0 Å². The molecule has 1 amide bonds. The van der Waals surface area contributed by atoms with Crippen LogP contribution in [0.2, 0.25) is 0 Å². The lowest BCUT2D eigenvalue weighted by Gasteiger charge is -2.36. The number of likely N-dealkylation sites (tertiary alicyclic amines) is 1. The van der Waals surface area contributed by atoms with Crippen LogP contribution in [0.4, 0.5) is 10.5 Å². The smallest absolute Gasteiger partial charge is 0.410 e. The SMILES string of the molecule is [C-]#[N+]c1cccc(-c2ccc(C(CO)C3CCN(C(=O)OC(C)(C)C)CC3)cc2)c1. The summed E-state index contributed by atoms with van der Waals surface area (Å²) >= 11 is 0. The second kappa shape index (κ2) is 9.32. The van der Waals surface area contributed by atoms with Gasteiger partial charge in [0.1, 0.15) is 5.60 Å². The van der Waals surface area contributed by atoms with Gasteiger partial charge in [0.05, 0.1) is 13.2 Å². The summed E-state index contributed by atoms with van der Waals surface area (Å²) in [6, 6.07) is 15.8. The number of piperidine rings is 1. The molecule has 0 radical (unpaired) electrons. The van der Waals surface area contributed by atoms with Gasteiger partial charge in [-0.05, 0) is 62.3 Å². The Hall–Kier alpha value is -2.84. The lowest BCUT2D eigenvalue weighted by molar-refractivity contribution is 0.0165. The Labute approximate surface area is 179 Å². The molecule has 0 bridgehead atoms. The lowest BCUT2D eigenvalue weighted by atomic mass is 9.80. The molecular weight excluding hydrogens is 376 g/mol. The number of amides is 1. The summed E-state index contributed by atoms with van der Waals surface area (Å²) < 4.78 is 5.47. The van der Waals surface area contributed by atoms with E-state index in [4.69, 9.17) is 11.3 Å². The Bertz CT molecular complexity index is 901. The summed E-state index contributed by atoms with van der Waals surface area (Å²) in [5, 5.41) is 10.1. The van der Waals surface area contributed by atoms with E-state index in [-0.39, 0.29) is 18.6 Å². The maximum absolute atomic E-state index is 12.3. The average Bonchev–Trinajstić information content (AvgIpc) is 2.74. The third kappa shape index (κ3) is 5.40. The van der Waals surface area contributed by atoms with Crippen molar-refractivity contribution in [3.63, 3.8) is 0 Å². The van der Waals surface area contributed by atoms with Crippen molar-refractivity contribution in [2.45, 2.75) is 45.1 Å². The van der Waals surface area contributed by atoms with Crippen LogP contribution in [0.5, 0.6) is 0 Å². The minimum Gasteiger partial charge on any atom is -0.444 e. The molecule has 3 rings (SSSR count). The minimum atomic E-state index is -0.489. The zero-order chi connectivity index (χ0) is 21.7. The van der Waals surface area contributed by atoms with Crippen LogP contribution in [0.25, 0.3) is 16.0 Å². The van der Waals surface area contributed by atoms with Crippen molar-refractivity contribution in [1.82, 2.24) is 4.90 Å². The molecule has 0 spiro atoms. The molecule has 158 valence electrons. The molecule has 0 aliphatic carbocycles. The lowest BCUT2D eigenvalue weighted by Crippen LogP contribution is -2.42. The number of nitrogens with zero attached hydrogens (tertiary/aromatic N) is 2. The number of hydrogen-bond acceptors (Lipinski definition) is 3. The van der Waals surface area contributed by atoms with E-state index in [9.17, 15) is 9.90 Å². The third-order valence-electron chi connectivity index (χ3n) is 5.60. The first-order chi connectivity index (χ1) is 14.3. The van der Waals surface area contributed by atoms with Gasteiger partial charge in [-0.2, -0.15) is 0 Å². The Kier molecular flexibility index (Phi) is 6.79. The molecule has 0 aromatic heterocycles. The van der Waals surface area contributed by atoms with Crippen LogP contribution in [-0.4, -0.2) is 41.4 Å². The highest BCUT2D eigenvalue weighted by molar-refractivity contribution is 5.69. The standard InChI is InChI=1S/C25H30N2O3/c1-25(2,3)30-24(29)27-14-12-20(13-15-27)23(17-28)19-10-8-18(9-11-19)21-6-5-7-22(16-21)26-4/h5-11,16,20,23,28H,12-15,17H2,1-3H3. The normalized spacial score (nSPS) is 16.0. The molecule has 2 aromatic carbocycles. The predicted molar refractivity (Wildman–Crippen MR) is 118 cm³/mol. The molecule has 1 saturated heterocycles. The Morgan fingerprint density at radius 1 is 1.17 bits per heavy atom. The van der Waals surface area contributed by atoms with Crippen LogP contribution in [0.15, 0.2) is 48.5 Å². The number of ether oxygens (including phenoxy) is 1. The van der Waals surface area contributed by atoms with Crippen molar-refractivity contribution in [2.24, 2.45) is 5.92 Å². The fourth-order valence-electron chi connectivity index (χ4n) is 4.02. The molecule has 2 aromatic rings. The number of rotatable bonds is 4. The predicted octanol–water partition coefficient (Wildman–Crippen LogP) is 5.63. The van der Waals surface area contributed by atoms with E-state index < -0.39 is 5.60 Å². The summed E-state index contributed by atoms with van der Waals surface area (Å²) in [5.74, 6) is 0.374. The topological polar surface area (TPSA) is 54.1 Å². The molecule has 1 aliphatic heterocycles. The summed E-state index contributed by atoms with van der Waals surface area (Å²) in [4.78, 5) is 17.5. The van der Waals surface area contributed by atoms with Gasteiger partial charge in [-0.3, -0.25) is 0 Å². The molecule has 5 nitrogen and oxygen atoms in total. The number of benzene rings is 2. The summed E-state index contributed by atoms with van der Waals surface area (Å²) in [5.41, 5.74) is 3.32. The van der Waals surface area contributed by atoms with Crippen molar-refractivity contribution < 1.29 is 14.6 Å². The first-order valence-electron chi connectivity index (χ1n) is 10.5. The monoisotopic (exact) mass is 406 g/mol. The molecule has 1 N–H and O–H groups in total. The first-order valence-corrected chi connectivity index (χ1v) is 10.5. The zero-order valence-corrected chi connectivity index (χ0v) is 18.0. The Balaban J connectivity index is 1.65. The summed E-state index contributed by atoms with van der Waals surface area (Å²) in [7, 11) is 0. The van der Waals surface area contributed by atoms with Crippen LogP contribution in [0.3, 0.4) is 0 Å². The van der Waals surface area contributed by atoms with Crippen molar-refractivity contribution in [2.75, 3.05) is 19.7 Å². The average molecular weight is 407 g/mol. The number of aliphatic hydroxyl groups excluding tert-OH is 1. The number of carbonyl (C=O) groups excluding carboxylic acids is 1. The van der Waals surface area contributed by atoms with Crippen LogP contribution >= 0.6 is 0 Å². The summed E-state index contributed by atoms with van der Waals surface area (Å²) in [6.45, 7) is 14.2. The highest BCUT2D eigenvalue weighted by Crippen LogP contribution is 2.34. The van der Waals surface area contributed by atoms with Crippen LogP contribution < -0.4 is 0 Å². The van der Waals surface area contributed by atoms with Crippen molar-refractivity contribution >= 4 is 11.8 Å². The maximum Gasteiger partial charge on any atom is 0.410 e. The van der Waals surface area contributed by atoms with E-state index in [2.05, 4.69) is 29.1 Å². The molecule has 1 unspecified atom stereocenters. The number of hydrogen-bond donors (Lipinski definition) is 1. The number of aliphatic hydroxyl groups is 1. The van der Waals surface area contributed by atoms with E-state index >= 15 is 0 Å². The van der Waals surface area contributed by atoms with E-state index in [1.165, 1.54) is 0 Å². The van der Waals surface area contributed by atoms with Gasteiger partial charge >= 0.3 is 6.09 Å². The van der Waals surface area contributed by atoms with E-state index in [0.717, 1.165) is 29.5 Å². The van der Waals surface area contributed by atoms with Gasteiger partial charge in [0.25, 0.3) is 0 Å². The molecule has 1 atom stereocenters. The quantitative estimate of drug-likeness (QED) is 0.670. The molecule has 30 heavy (non-hydrogen) atoms. The van der Waals surface area contributed by atoms with Gasteiger partial charge in [0.15, 0.2) is 5.69 Å². The second-order valence-corrected chi connectivity index (χ2v) is 8.88. The van der Waals surface area contributed by atoms with Crippen LogP contribution in [0, 0.1) is 12.5 Å². The van der Waals surface area contributed by atoms with Gasteiger partial charge in [-0.25, -0.2) is 9.64 Å². The Morgan fingerprint density at radius 3 is 2.40 bits per heavy atom. The summed E-state index contributed by atoms with van der Waals surface area (Å²) in [6.07, 6.45) is 1.44. The molecule has 0 saturated carbocycles. The van der Waals surface area contributed by atoms with Crippen molar-refractivity contribution in [3.8, 4) is 11.1 Å². The van der Waals surface area contributed by atoms with Gasteiger partial charge < -0.3 is 14.7 Å². The zero-order valence-electron chi connectivity index (χ0n) is 18.0. The largest absolute Gasteiger partial charge is 0.444 e. The number of carbonyl (C=O) groups is 1. The molecular formula is C25H30N2O3.